The van der Waals surface area contributed by atoms with E-state index in [0.29, 0.717) is 0 Å². The van der Waals surface area contributed by atoms with E-state index in [1.54, 1.807) is 6.20 Å². The van der Waals surface area contributed by atoms with E-state index in [0.717, 1.165) is 45.0 Å². The number of piperazine rings is 1. The second-order valence-electron chi connectivity index (χ2n) is 6.94. The number of hydrogen-bond donors (Lipinski definition) is 0. The lowest BCUT2D eigenvalue weighted by molar-refractivity contribution is 0.121. The Kier molecular flexibility index (Phi) is 5.09. The summed E-state index contributed by atoms with van der Waals surface area (Å²) in [5, 5.41) is 4.28. The van der Waals surface area contributed by atoms with E-state index in [1.807, 2.05) is 29.2 Å². The fraction of sp³-hybridized carbons (Fsp3) is 0.333. The Bertz CT molecular complexity index is 818. The minimum Gasteiger partial charge on any atom is -0.297 e. The van der Waals surface area contributed by atoms with Crippen LogP contribution in [0.15, 0.2) is 61.1 Å². The van der Waals surface area contributed by atoms with E-state index < -0.39 is 0 Å². The van der Waals surface area contributed by atoms with Crippen LogP contribution in [-0.4, -0.2) is 50.7 Å². The Morgan fingerprint density at radius 2 is 1.58 bits per heavy atom. The summed E-state index contributed by atoms with van der Waals surface area (Å²) in [6, 6.07) is 14.8. The molecule has 0 spiro atoms. The van der Waals surface area contributed by atoms with Crippen LogP contribution in [0.2, 0.25) is 0 Å². The molecule has 5 heteroatoms. The minimum atomic E-state index is 0.957. The number of aromatic nitrogens is 3. The van der Waals surface area contributed by atoms with E-state index >= 15 is 0 Å². The zero-order chi connectivity index (χ0) is 17.8. The summed E-state index contributed by atoms with van der Waals surface area (Å²) in [4.78, 5) is 9.57. The van der Waals surface area contributed by atoms with Crippen molar-refractivity contribution in [1.29, 1.82) is 0 Å². The summed E-state index contributed by atoms with van der Waals surface area (Å²) >= 11 is 0. The molecule has 4 rings (SSSR count). The van der Waals surface area contributed by atoms with Gasteiger partial charge in [0.25, 0.3) is 0 Å². The molecule has 134 valence electrons. The predicted octanol–water partition coefficient (Wildman–Crippen LogP) is 2.89. The van der Waals surface area contributed by atoms with Gasteiger partial charge in [-0.3, -0.25) is 14.8 Å². The van der Waals surface area contributed by atoms with Crippen molar-refractivity contribution in [2.45, 2.75) is 20.0 Å². The van der Waals surface area contributed by atoms with Gasteiger partial charge in [-0.15, -0.1) is 0 Å². The number of hydrogen-bond acceptors (Lipinski definition) is 4. The number of pyridine rings is 1. The fourth-order valence-electron chi connectivity index (χ4n) is 3.44. The predicted molar refractivity (Wildman–Crippen MR) is 103 cm³/mol. The molecule has 0 aliphatic carbocycles. The molecule has 0 radical (unpaired) electrons. The summed E-state index contributed by atoms with van der Waals surface area (Å²) in [5.74, 6) is 0. The zero-order valence-electron chi connectivity index (χ0n) is 15.3. The Balaban J connectivity index is 1.29. The summed E-state index contributed by atoms with van der Waals surface area (Å²) in [5.41, 5.74) is 4.95. The standard InChI is InChI=1S/C21H25N5/c1-18-4-2-9-22-21(18)17-25-14-12-24(13-15-25)16-19-5-7-20(8-6-19)26-11-3-10-23-26/h2-11H,12-17H2,1H3. The Labute approximate surface area is 154 Å². The molecule has 5 nitrogen and oxygen atoms in total. The Hall–Kier alpha value is -2.50. The fourth-order valence-corrected chi connectivity index (χ4v) is 3.44. The van der Waals surface area contributed by atoms with Gasteiger partial charge in [0.15, 0.2) is 0 Å². The SMILES string of the molecule is Cc1cccnc1CN1CCN(Cc2ccc(-n3cccn3)cc2)CC1. The summed E-state index contributed by atoms with van der Waals surface area (Å²) in [6.45, 7) is 8.52. The van der Waals surface area contributed by atoms with Gasteiger partial charge in [-0.05, 0) is 42.3 Å². The molecule has 0 atom stereocenters. The van der Waals surface area contributed by atoms with Gasteiger partial charge in [-0.25, -0.2) is 4.68 Å². The van der Waals surface area contributed by atoms with Crippen LogP contribution in [-0.2, 0) is 13.1 Å². The van der Waals surface area contributed by atoms with Gasteiger partial charge < -0.3 is 0 Å². The maximum atomic E-state index is 4.53. The van der Waals surface area contributed by atoms with Crippen LogP contribution in [0.25, 0.3) is 5.69 Å². The zero-order valence-corrected chi connectivity index (χ0v) is 15.3. The average Bonchev–Trinajstić information content (AvgIpc) is 3.21. The number of benzene rings is 1. The molecule has 1 saturated heterocycles. The smallest absolute Gasteiger partial charge is 0.0645 e. The molecule has 0 N–H and O–H groups in total. The topological polar surface area (TPSA) is 37.2 Å². The van der Waals surface area contributed by atoms with E-state index in [2.05, 4.69) is 57.1 Å². The van der Waals surface area contributed by atoms with Gasteiger partial charge in [-0.2, -0.15) is 5.10 Å². The molecule has 3 aromatic rings. The van der Waals surface area contributed by atoms with Crippen LogP contribution >= 0.6 is 0 Å². The van der Waals surface area contributed by atoms with Crippen molar-refractivity contribution in [2.75, 3.05) is 26.2 Å². The monoisotopic (exact) mass is 347 g/mol. The third kappa shape index (κ3) is 4.00. The van der Waals surface area contributed by atoms with Crippen molar-refractivity contribution >= 4 is 0 Å². The van der Waals surface area contributed by atoms with Crippen LogP contribution < -0.4 is 0 Å². The van der Waals surface area contributed by atoms with Crippen LogP contribution in [0.1, 0.15) is 16.8 Å². The van der Waals surface area contributed by atoms with Crippen LogP contribution in [0, 0.1) is 6.92 Å². The molecule has 0 amide bonds. The van der Waals surface area contributed by atoms with Crippen molar-refractivity contribution in [3.05, 3.63) is 77.9 Å². The molecule has 1 aliphatic heterocycles. The van der Waals surface area contributed by atoms with Gasteiger partial charge in [0.1, 0.15) is 0 Å². The maximum Gasteiger partial charge on any atom is 0.0645 e. The first kappa shape index (κ1) is 16.9. The van der Waals surface area contributed by atoms with Gasteiger partial charge in [-0.1, -0.05) is 18.2 Å². The van der Waals surface area contributed by atoms with Crippen LogP contribution in [0.3, 0.4) is 0 Å². The minimum absolute atomic E-state index is 0.957. The number of aryl methyl sites for hydroxylation is 1. The molecule has 0 bridgehead atoms. The Morgan fingerprint density at radius 1 is 0.846 bits per heavy atom. The first-order chi connectivity index (χ1) is 12.8. The van der Waals surface area contributed by atoms with Crippen molar-refractivity contribution in [2.24, 2.45) is 0 Å². The molecule has 1 aromatic carbocycles. The highest BCUT2D eigenvalue weighted by molar-refractivity contribution is 5.33. The van der Waals surface area contributed by atoms with Gasteiger partial charge >= 0.3 is 0 Å². The van der Waals surface area contributed by atoms with E-state index in [-0.39, 0.29) is 0 Å². The van der Waals surface area contributed by atoms with Gasteiger partial charge in [0.05, 0.1) is 11.4 Å². The summed E-state index contributed by atoms with van der Waals surface area (Å²) < 4.78 is 1.89. The van der Waals surface area contributed by atoms with Crippen molar-refractivity contribution in [3.8, 4) is 5.69 Å². The Morgan fingerprint density at radius 3 is 2.23 bits per heavy atom. The highest BCUT2D eigenvalue weighted by Gasteiger charge is 2.18. The normalized spacial score (nSPS) is 16.0. The molecule has 3 heterocycles. The maximum absolute atomic E-state index is 4.53. The largest absolute Gasteiger partial charge is 0.297 e. The van der Waals surface area contributed by atoms with E-state index in [9.17, 15) is 0 Å². The van der Waals surface area contributed by atoms with E-state index in [1.165, 1.54) is 16.8 Å². The van der Waals surface area contributed by atoms with Crippen molar-refractivity contribution in [3.63, 3.8) is 0 Å². The quantitative estimate of drug-likeness (QED) is 0.711. The average molecular weight is 347 g/mol. The third-order valence-corrected chi connectivity index (χ3v) is 5.07. The van der Waals surface area contributed by atoms with Crippen LogP contribution in [0.4, 0.5) is 0 Å². The molecular formula is C21H25N5. The molecule has 1 aliphatic rings. The summed E-state index contributed by atoms with van der Waals surface area (Å²) in [7, 11) is 0. The molecular weight excluding hydrogens is 322 g/mol. The first-order valence-electron chi connectivity index (χ1n) is 9.22. The first-order valence-corrected chi connectivity index (χ1v) is 9.22. The highest BCUT2D eigenvalue weighted by Crippen LogP contribution is 2.14. The number of nitrogens with zero attached hydrogens (tertiary/aromatic N) is 5. The highest BCUT2D eigenvalue weighted by atomic mass is 15.3. The lowest BCUT2D eigenvalue weighted by Crippen LogP contribution is -2.45. The lowest BCUT2D eigenvalue weighted by atomic mass is 10.1. The molecule has 1 fully saturated rings. The third-order valence-electron chi connectivity index (χ3n) is 5.07. The lowest BCUT2D eigenvalue weighted by Gasteiger charge is -2.34. The van der Waals surface area contributed by atoms with Crippen molar-refractivity contribution < 1.29 is 0 Å². The molecule has 0 saturated carbocycles. The molecule has 0 unspecified atom stereocenters. The molecule has 2 aromatic heterocycles. The second kappa shape index (κ2) is 7.81. The van der Waals surface area contributed by atoms with Crippen molar-refractivity contribution in [1.82, 2.24) is 24.6 Å². The van der Waals surface area contributed by atoms with Gasteiger partial charge in [0.2, 0.25) is 0 Å². The number of rotatable bonds is 5. The summed E-state index contributed by atoms with van der Waals surface area (Å²) in [6.07, 6.45) is 5.67. The van der Waals surface area contributed by atoms with Crippen LogP contribution in [0.5, 0.6) is 0 Å². The molecule has 26 heavy (non-hydrogen) atoms. The van der Waals surface area contributed by atoms with Gasteiger partial charge in [0, 0.05) is 57.9 Å². The van der Waals surface area contributed by atoms with E-state index in [4.69, 9.17) is 0 Å². The second-order valence-corrected chi connectivity index (χ2v) is 6.94.